The fourth-order valence-electron chi connectivity index (χ4n) is 2.50. The van der Waals surface area contributed by atoms with Gasteiger partial charge < -0.3 is 14.8 Å². The summed E-state index contributed by atoms with van der Waals surface area (Å²) in [5.41, 5.74) is -0.724. The van der Waals surface area contributed by atoms with E-state index in [1.54, 1.807) is 12.5 Å². The van der Waals surface area contributed by atoms with Gasteiger partial charge >= 0.3 is 5.97 Å². The average Bonchev–Trinajstić information content (AvgIpc) is 2.88. The molecule has 0 atom stereocenters. The van der Waals surface area contributed by atoms with Crippen molar-refractivity contribution in [3.63, 3.8) is 0 Å². The number of aromatic amines is 1. The third kappa shape index (κ3) is 2.27. The van der Waals surface area contributed by atoms with Gasteiger partial charge in [0.1, 0.15) is 5.60 Å². The van der Waals surface area contributed by atoms with Gasteiger partial charge in [0.15, 0.2) is 0 Å². The fraction of sp³-hybridized carbons (Fsp3) is 0.692. The number of nitrogens with zero attached hydrogens (tertiary/aromatic N) is 1. The van der Waals surface area contributed by atoms with Crippen molar-refractivity contribution in [1.82, 2.24) is 9.97 Å². The highest BCUT2D eigenvalue weighted by molar-refractivity contribution is 5.76. The summed E-state index contributed by atoms with van der Waals surface area (Å²) in [7, 11) is 0. The van der Waals surface area contributed by atoms with Gasteiger partial charge in [-0.2, -0.15) is 0 Å². The molecule has 2 N–H and O–H groups in total. The van der Waals surface area contributed by atoms with E-state index in [9.17, 15) is 9.90 Å². The lowest BCUT2D eigenvalue weighted by Crippen LogP contribution is -2.40. The van der Waals surface area contributed by atoms with E-state index in [-0.39, 0.29) is 5.97 Å². The first-order chi connectivity index (χ1) is 8.50. The molecule has 1 aliphatic rings. The molecule has 18 heavy (non-hydrogen) atoms. The van der Waals surface area contributed by atoms with Crippen molar-refractivity contribution in [3.8, 4) is 0 Å². The highest BCUT2D eigenvalue weighted by Crippen LogP contribution is 2.45. The van der Waals surface area contributed by atoms with Crippen LogP contribution in [-0.2, 0) is 15.1 Å². The molecule has 0 amide bonds. The maximum absolute atomic E-state index is 11.9. The monoisotopic (exact) mass is 252 g/mol. The van der Waals surface area contributed by atoms with Crippen LogP contribution in [0.25, 0.3) is 0 Å². The van der Waals surface area contributed by atoms with Gasteiger partial charge in [-0.25, -0.2) is 4.98 Å². The molecule has 0 unspecified atom stereocenters. The lowest BCUT2D eigenvalue weighted by Gasteiger charge is -2.39. The minimum absolute atomic E-state index is 0.158. The van der Waals surface area contributed by atoms with Crippen molar-refractivity contribution in [3.05, 3.63) is 18.2 Å². The zero-order valence-electron chi connectivity index (χ0n) is 10.9. The van der Waals surface area contributed by atoms with E-state index >= 15 is 0 Å². The number of hydrogen-bond acceptors (Lipinski definition) is 4. The Morgan fingerprint density at radius 3 is 2.67 bits per heavy atom. The molecule has 0 radical (unpaired) electrons. The summed E-state index contributed by atoms with van der Waals surface area (Å²) in [4.78, 5) is 18.9. The van der Waals surface area contributed by atoms with Crippen molar-refractivity contribution >= 4 is 5.97 Å². The van der Waals surface area contributed by atoms with Crippen LogP contribution in [0.15, 0.2) is 12.5 Å². The number of imidazole rings is 1. The summed E-state index contributed by atoms with van der Waals surface area (Å²) < 4.78 is 5.10. The smallest absolute Gasteiger partial charge is 0.311 e. The number of nitrogens with one attached hydrogen (secondary N) is 1. The van der Waals surface area contributed by atoms with Crippen molar-refractivity contribution in [2.75, 3.05) is 6.61 Å². The average molecular weight is 252 g/mol. The Bertz CT molecular complexity index is 406. The number of aliphatic hydroxyl groups is 1. The first kappa shape index (κ1) is 13.1. The van der Waals surface area contributed by atoms with Crippen LogP contribution in [0, 0.1) is 5.41 Å². The second kappa shape index (κ2) is 4.72. The molecular weight excluding hydrogens is 232 g/mol. The number of ether oxygens (including phenoxy) is 1. The molecule has 0 spiro atoms. The van der Waals surface area contributed by atoms with Crippen LogP contribution in [0.5, 0.6) is 0 Å². The van der Waals surface area contributed by atoms with Gasteiger partial charge in [-0.15, -0.1) is 0 Å². The minimum Gasteiger partial charge on any atom is -0.466 e. The van der Waals surface area contributed by atoms with E-state index in [1.165, 1.54) is 0 Å². The first-order valence-electron chi connectivity index (χ1n) is 6.39. The summed E-state index contributed by atoms with van der Waals surface area (Å²) in [5, 5.41) is 10.5. The summed E-state index contributed by atoms with van der Waals surface area (Å²) in [5.74, 6) is -0.158. The molecule has 1 aliphatic carbocycles. The van der Waals surface area contributed by atoms with Crippen LogP contribution in [0.4, 0.5) is 0 Å². The Hall–Kier alpha value is -1.36. The SMILES string of the molecule is CCOC(=O)[C@]1(C)CC[C@](O)(c2c[nH]cn2)CC1. The second-order valence-electron chi connectivity index (χ2n) is 5.27. The molecule has 1 heterocycles. The lowest BCUT2D eigenvalue weighted by atomic mass is 9.69. The van der Waals surface area contributed by atoms with E-state index < -0.39 is 11.0 Å². The number of esters is 1. The Labute approximate surface area is 107 Å². The normalized spacial score (nSPS) is 32.2. The van der Waals surface area contributed by atoms with E-state index in [4.69, 9.17) is 4.74 Å². The fourth-order valence-corrected chi connectivity index (χ4v) is 2.50. The van der Waals surface area contributed by atoms with Crippen molar-refractivity contribution < 1.29 is 14.6 Å². The van der Waals surface area contributed by atoms with Crippen molar-refractivity contribution in [1.29, 1.82) is 0 Å². The predicted molar refractivity (Wildman–Crippen MR) is 65.7 cm³/mol. The number of carbonyl (C=O) groups excluding carboxylic acids is 1. The summed E-state index contributed by atoms with van der Waals surface area (Å²) >= 11 is 0. The summed E-state index contributed by atoms with van der Waals surface area (Å²) in [6, 6.07) is 0. The molecule has 0 saturated heterocycles. The van der Waals surface area contributed by atoms with E-state index in [2.05, 4.69) is 9.97 Å². The largest absolute Gasteiger partial charge is 0.466 e. The van der Waals surface area contributed by atoms with Gasteiger partial charge in [0.2, 0.25) is 0 Å². The number of H-pyrrole nitrogens is 1. The summed E-state index contributed by atoms with van der Waals surface area (Å²) in [6.07, 6.45) is 5.59. The Morgan fingerprint density at radius 1 is 1.50 bits per heavy atom. The molecule has 1 aromatic heterocycles. The molecule has 5 heteroatoms. The van der Waals surface area contributed by atoms with E-state index in [1.807, 2.05) is 13.8 Å². The maximum atomic E-state index is 11.9. The lowest BCUT2D eigenvalue weighted by molar-refractivity contribution is -0.160. The van der Waals surface area contributed by atoms with Crippen LogP contribution in [0.3, 0.4) is 0 Å². The highest BCUT2D eigenvalue weighted by atomic mass is 16.5. The number of rotatable bonds is 3. The quantitative estimate of drug-likeness (QED) is 0.803. The molecule has 1 aromatic rings. The molecule has 5 nitrogen and oxygen atoms in total. The van der Waals surface area contributed by atoms with Gasteiger partial charge in [-0.1, -0.05) is 0 Å². The van der Waals surface area contributed by atoms with Crippen LogP contribution < -0.4 is 0 Å². The molecule has 0 bridgehead atoms. The molecule has 1 fully saturated rings. The number of carbonyl (C=O) groups is 1. The van der Waals surface area contributed by atoms with Crippen molar-refractivity contribution in [2.24, 2.45) is 5.41 Å². The third-order valence-electron chi connectivity index (χ3n) is 3.92. The molecule has 0 aromatic carbocycles. The van der Waals surface area contributed by atoms with Crippen molar-refractivity contribution in [2.45, 2.75) is 45.1 Å². The zero-order chi connectivity index (χ0) is 13.2. The zero-order valence-corrected chi connectivity index (χ0v) is 10.9. The standard InChI is InChI=1S/C13H20N2O3/c1-3-18-11(16)12(2)4-6-13(17,7-5-12)10-8-14-9-15-10/h8-9,17H,3-7H2,1-2H3,(H,14,15)/t12-,13-. The van der Waals surface area contributed by atoms with Crippen LogP contribution in [0.1, 0.15) is 45.2 Å². The molecular formula is C13H20N2O3. The van der Waals surface area contributed by atoms with Gasteiger partial charge in [0.05, 0.1) is 24.0 Å². The molecule has 100 valence electrons. The predicted octanol–water partition coefficient (Wildman–Crippen LogP) is 1.74. The Kier molecular flexibility index (Phi) is 3.43. The molecule has 1 saturated carbocycles. The van der Waals surface area contributed by atoms with Gasteiger partial charge in [0, 0.05) is 6.20 Å². The Morgan fingerprint density at radius 2 is 2.17 bits per heavy atom. The van der Waals surface area contributed by atoms with Crippen LogP contribution >= 0.6 is 0 Å². The maximum Gasteiger partial charge on any atom is 0.311 e. The minimum atomic E-state index is -0.911. The number of aromatic nitrogens is 2. The molecule has 0 aliphatic heterocycles. The third-order valence-corrected chi connectivity index (χ3v) is 3.92. The van der Waals surface area contributed by atoms with E-state index in [0.717, 1.165) is 0 Å². The topological polar surface area (TPSA) is 75.2 Å². The van der Waals surface area contributed by atoms with Crippen LogP contribution in [0.2, 0.25) is 0 Å². The second-order valence-corrected chi connectivity index (χ2v) is 5.27. The summed E-state index contributed by atoms with van der Waals surface area (Å²) in [6.45, 7) is 4.12. The Balaban J connectivity index is 2.05. The van der Waals surface area contributed by atoms with Gasteiger partial charge in [0.25, 0.3) is 0 Å². The first-order valence-corrected chi connectivity index (χ1v) is 6.39. The number of hydrogen-bond donors (Lipinski definition) is 2. The van der Waals surface area contributed by atoms with Crippen LogP contribution in [-0.4, -0.2) is 27.7 Å². The van der Waals surface area contributed by atoms with E-state index in [0.29, 0.717) is 38.0 Å². The van der Waals surface area contributed by atoms with Gasteiger partial charge in [-0.3, -0.25) is 4.79 Å². The highest BCUT2D eigenvalue weighted by Gasteiger charge is 2.45. The molecule has 2 rings (SSSR count). The van der Waals surface area contributed by atoms with Gasteiger partial charge in [-0.05, 0) is 39.5 Å².